The number of thiazole rings is 1. The van der Waals surface area contributed by atoms with E-state index in [4.69, 9.17) is 9.47 Å². The molecule has 0 aliphatic carbocycles. The average molecular weight is 432 g/mol. The quantitative estimate of drug-likeness (QED) is 0.725. The van der Waals surface area contributed by atoms with Crippen molar-refractivity contribution in [1.29, 1.82) is 0 Å². The lowest BCUT2D eigenvalue weighted by Crippen LogP contribution is -2.40. The molecule has 1 saturated heterocycles. The number of benzene rings is 1. The molecule has 2 heterocycles. The summed E-state index contributed by atoms with van der Waals surface area (Å²) in [4.78, 5) is 30.8. The van der Waals surface area contributed by atoms with Crippen molar-refractivity contribution in [2.75, 3.05) is 20.2 Å². The molecule has 1 aliphatic rings. The van der Waals surface area contributed by atoms with Crippen LogP contribution in [-0.2, 0) is 11.3 Å². The average Bonchev–Trinajstić information content (AvgIpc) is 3.22. The van der Waals surface area contributed by atoms with Crippen molar-refractivity contribution in [3.05, 3.63) is 39.8 Å². The summed E-state index contributed by atoms with van der Waals surface area (Å²) in [5, 5.41) is 5.97. The molecule has 0 atom stereocenters. The summed E-state index contributed by atoms with van der Waals surface area (Å²) in [6.45, 7) is 7.47. The molecule has 162 valence electrons. The predicted molar refractivity (Wildman–Crippen MR) is 116 cm³/mol. The monoisotopic (exact) mass is 431 g/mol. The number of hydrogen-bond acceptors (Lipinski definition) is 6. The number of hydrogen-bond donors (Lipinski definition) is 1. The maximum atomic E-state index is 12.9. The molecule has 0 spiro atoms. The van der Waals surface area contributed by atoms with E-state index in [0.717, 1.165) is 23.5 Å². The number of carbonyl (C=O) groups is 2. The predicted octanol–water partition coefficient (Wildman–Crippen LogP) is 3.59. The van der Waals surface area contributed by atoms with Gasteiger partial charge in [-0.15, -0.1) is 11.3 Å². The van der Waals surface area contributed by atoms with Crippen molar-refractivity contribution in [3.63, 3.8) is 0 Å². The minimum absolute atomic E-state index is 0.0346. The number of methoxy groups -OCH3 is 1. The van der Waals surface area contributed by atoms with Gasteiger partial charge in [0.25, 0.3) is 5.91 Å². The van der Waals surface area contributed by atoms with E-state index in [-0.39, 0.29) is 17.9 Å². The fourth-order valence-electron chi connectivity index (χ4n) is 3.32. The highest BCUT2D eigenvalue weighted by molar-refractivity contribution is 7.09. The number of aromatic nitrogens is 1. The Hall–Kier alpha value is -2.61. The van der Waals surface area contributed by atoms with Crippen LogP contribution in [0.5, 0.6) is 11.5 Å². The lowest BCUT2D eigenvalue weighted by molar-refractivity contribution is -0.130. The van der Waals surface area contributed by atoms with Gasteiger partial charge in [0.15, 0.2) is 0 Å². The first kappa shape index (κ1) is 22.1. The second-order valence-electron chi connectivity index (χ2n) is 7.70. The maximum absolute atomic E-state index is 12.9. The minimum atomic E-state index is -0.232. The third kappa shape index (κ3) is 5.50. The Kier molecular flexibility index (Phi) is 7.31. The topological polar surface area (TPSA) is 80.8 Å². The van der Waals surface area contributed by atoms with Gasteiger partial charge in [-0.25, -0.2) is 4.98 Å². The molecule has 1 fully saturated rings. The fraction of sp³-hybridized carbons (Fsp3) is 0.500. The van der Waals surface area contributed by atoms with Gasteiger partial charge in [-0.2, -0.15) is 0 Å². The molecular formula is C22H29N3O4S. The fourth-order valence-corrected chi connectivity index (χ4v) is 4.15. The van der Waals surface area contributed by atoms with E-state index < -0.39 is 0 Å². The van der Waals surface area contributed by atoms with Crippen molar-refractivity contribution in [2.24, 2.45) is 0 Å². The zero-order chi connectivity index (χ0) is 21.7. The molecule has 1 aromatic carbocycles. The van der Waals surface area contributed by atoms with Crippen LogP contribution in [0.3, 0.4) is 0 Å². The van der Waals surface area contributed by atoms with E-state index in [1.807, 2.05) is 10.3 Å². The molecule has 2 amide bonds. The van der Waals surface area contributed by atoms with Gasteiger partial charge in [-0.05, 0) is 18.2 Å². The maximum Gasteiger partial charge on any atom is 0.255 e. The van der Waals surface area contributed by atoms with Crippen LogP contribution in [0.25, 0.3) is 0 Å². The summed E-state index contributed by atoms with van der Waals surface area (Å²) in [6, 6.07) is 5.24. The van der Waals surface area contributed by atoms with Crippen molar-refractivity contribution in [1.82, 2.24) is 15.2 Å². The van der Waals surface area contributed by atoms with E-state index in [1.165, 1.54) is 0 Å². The molecule has 1 aliphatic heterocycles. The summed E-state index contributed by atoms with van der Waals surface area (Å²) in [5.41, 5.74) is 1.28. The lowest BCUT2D eigenvalue weighted by Gasteiger charge is -2.31. The number of amides is 2. The summed E-state index contributed by atoms with van der Waals surface area (Å²) in [6.07, 6.45) is 1.44. The van der Waals surface area contributed by atoms with Crippen LogP contribution in [0.2, 0.25) is 0 Å². The van der Waals surface area contributed by atoms with Crippen molar-refractivity contribution in [2.45, 2.75) is 52.2 Å². The van der Waals surface area contributed by atoms with Gasteiger partial charge in [0.2, 0.25) is 5.91 Å². The van der Waals surface area contributed by atoms with Crippen molar-refractivity contribution < 1.29 is 19.1 Å². The molecule has 0 saturated carbocycles. The first-order chi connectivity index (χ1) is 14.4. The van der Waals surface area contributed by atoms with Crippen LogP contribution in [-0.4, -0.2) is 48.0 Å². The van der Waals surface area contributed by atoms with Gasteiger partial charge in [-0.3, -0.25) is 9.59 Å². The van der Waals surface area contributed by atoms with Crippen LogP contribution < -0.4 is 14.8 Å². The molecule has 0 radical (unpaired) electrons. The molecule has 0 bridgehead atoms. The lowest BCUT2D eigenvalue weighted by atomic mass is 10.1. The Labute approximate surface area is 181 Å². The largest absolute Gasteiger partial charge is 0.497 e. The van der Waals surface area contributed by atoms with Gasteiger partial charge < -0.3 is 19.7 Å². The molecule has 8 heteroatoms. The summed E-state index contributed by atoms with van der Waals surface area (Å²) >= 11 is 1.60. The Bertz CT molecular complexity index is 888. The molecule has 0 unspecified atom stereocenters. The normalized spacial score (nSPS) is 14.6. The number of ether oxygens (including phenoxy) is 2. The van der Waals surface area contributed by atoms with E-state index in [9.17, 15) is 9.59 Å². The Morgan fingerprint density at radius 3 is 2.63 bits per heavy atom. The number of nitrogens with zero attached hydrogens (tertiary/aromatic N) is 2. The van der Waals surface area contributed by atoms with Crippen LogP contribution >= 0.6 is 11.3 Å². The van der Waals surface area contributed by atoms with Crippen molar-refractivity contribution in [3.8, 4) is 11.5 Å². The zero-order valence-corrected chi connectivity index (χ0v) is 18.8. The first-order valence-corrected chi connectivity index (χ1v) is 11.1. The van der Waals surface area contributed by atoms with E-state index >= 15 is 0 Å². The smallest absolute Gasteiger partial charge is 0.255 e. The van der Waals surface area contributed by atoms with Crippen LogP contribution in [0.4, 0.5) is 0 Å². The highest BCUT2D eigenvalue weighted by Gasteiger charge is 2.24. The number of nitrogens with one attached hydrogen (secondary N) is 1. The molecule has 7 nitrogen and oxygen atoms in total. The van der Waals surface area contributed by atoms with Gasteiger partial charge in [-0.1, -0.05) is 13.8 Å². The second-order valence-corrected chi connectivity index (χ2v) is 8.59. The molecule has 2 aromatic rings. The molecule has 30 heavy (non-hydrogen) atoms. The van der Waals surface area contributed by atoms with E-state index in [0.29, 0.717) is 42.6 Å². The van der Waals surface area contributed by atoms with Crippen molar-refractivity contribution >= 4 is 23.2 Å². The number of rotatable bonds is 7. The van der Waals surface area contributed by atoms with Gasteiger partial charge in [0.05, 0.1) is 29.9 Å². The summed E-state index contributed by atoms with van der Waals surface area (Å²) < 4.78 is 11.4. The highest BCUT2D eigenvalue weighted by atomic mass is 32.1. The third-order valence-corrected chi connectivity index (χ3v) is 6.30. The Balaban J connectivity index is 1.68. The number of piperidine rings is 1. The molecule has 1 aromatic heterocycles. The first-order valence-electron chi connectivity index (χ1n) is 10.2. The molecular weight excluding hydrogens is 402 g/mol. The second kappa shape index (κ2) is 9.93. The SMILES string of the molecule is COc1ccc(OC2CCN(C(C)=O)CC2)c(C(=O)NCc2csc(C(C)C)n2)c1. The standard InChI is InChI=1S/C22H29N3O4S/c1-14(2)22-24-16(13-30-22)12-23-21(27)19-11-18(28-4)5-6-20(19)29-17-7-9-25(10-8-17)15(3)26/h5-6,11,13-14,17H,7-10,12H2,1-4H3,(H,23,27). The van der Waals surface area contributed by atoms with Gasteiger partial charge >= 0.3 is 0 Å². The number of carbonyl (C=O) groups excluding carboxylic acids is 2. The summed E-state index contributed by atoms with van der Waals surface area (Å²) in [7, 11) is 1.57. The van der Waals surface area contributed by atoms with Gasteiger partial charge in [0.1, 0.15) is 17.6 Å². The van der Waals surface area contributed by atoms with Crippen LogP contribution in [0.15, 0.2) is 23.6 Å². The Morgan fingerprint density at radius 2 is 2.03 bits per heavy atom. The number of likely N-dealkylation sites (tertiary alicyclic amines) is 1. The highest BCUT2D eigenvalue weighted by Crippen LogP contribution is 2.27. The van der Waals surface area contributed by atoms with Gasteiger partial charge in [0, 0.05) is 44.2 Å². The molecule has 3 rings (SSSR count). The van der Waals surface area contributed by atoms with E-state index in [2.05, 4.69) is 24.1 Å². The van der Waals surface area contributed by atoms with Crippen LogP contribution in [0, 0.1) is 0 Å². The molecule has 1 N–H and O–H groups in total. The minimum Gasteiger partial charge on any atom is -0.497 e. The van der Waals surface area contributed by atoms with E-state index in [1.54, 1.807) is 43.6 Å². The third-order valence-electron chi connectivity index (χ3n) is 5.11. The summed E-state index contributed by atoms with van der Waals surface area (Å²) in [5.74, 6) is 1.34. The Morgan fingerprint density at radius 1 is 1.30 bits per heavy atom. The van der Waals surface area contributed by atoms with Crippen LogP contribution in [0.1, 0.15) is 60.6 Å². The zero-order valence-electron chi connectivity index (χ0n) is 17.9.